The maximum Gasteiger partial charge on any atom is 0.333 e. The molecule has 4 nitrogen and oxygen atoms in total. The highest BCUT2D eigenvalue weighted by molar-refractivity contribution is 5.86. The quantitative estimate of drug-likeness (QED) is 0.232. The summed E-state index contributed by atoms with van der Waals surface area (Å²) in [6.45, 7) is 21.8. The molecule has 2 aliphatic carbocycles. The first-order valence-corrected chi connectivity index (χ1v) is 11.7. The van der Waals surface area contributed by atoms with Crippen LogP contribution in [0.4, 0.5) is 0 Å². The highest BCUT2D eigenvalue weighted by Crippen LogP contribution is 2.39. The van der Waals surface area contributed by atoms with Crippen molar-refractivity contribution in [2.24, 2.45) is 35.5 Å². The Bertz CT molecular complexity index is 635. The van der Waals surface area contributed by atoms with Gasteiger partial charge in [0, 0.05) is 11.6 Å². The van der Waals surface area contributed by atoms with E-state index in [2.05, 4.69) is 40.2 Å². The minimum Gasteiger partial charge on any atom is -0.462 e. The molecule has 2 rings (SSSR count). The summed E-state index contributed by atoms with van der Waals surface area (Å²) in [6, 6.07) is 0. The average Bonchev–Trinajstić information content (AvgIpc) is 3.38. The van der Waals surface area contributed by atoms with E-state index in [1.54, 1.807) is 6.92 Å². The summed E-state index contributed by atoms with van der Waals surface area (Å²) in [5.41, 5.74) is 0.478. The van der Waals surface area contributed by atoms with E-state index in [4.69, 9.17) is 9.47 Å². The van der Waals surface area contributed by atoms with Gasteiger partial charge in [-0.2, -0.15) is 0 Å². The third-order valence-corrected chi connectivity index (χ3v) is 6.85. The lowest BCUT2D eigenvalue weighted by Crippen LogP contribution is -2.17. The van der Waals surface area contributed by atoms with E-state index >= 15 is 0 Å². The number of ether oxygens (including phenoxy) is 2. The van der Waals surface area contributed by atoms with Crippen LogP contribution >= 0.6 is 0 Å². The molecule has 0 spiro atoms. The Kier molecular flexibility index (Phi) is 12.2. The predicted octanol–water partition coefficient (Wildman–Crippen LogP) is 6.30. The molecule has 174 valence electrons. The fourth-order valence-electron chi connectivity index (χ4n) is 4.86. The van der Waals surface area contributed by atoms with Crippen LogP contribution < -0.4 is 0 Å². The number of hydrogen-bond acceptors (Lipinski definition) is 4. The summed E-state index contributed by atoms with van der Waals surface area (Å²) in [7, 11) is 0. The molecule has 0 aromatic rings. The minimum atomic E-state index is -0.313. The molecule has 2 aliphatic rings. The van der Waals surface area contributed by atoms with E-state index in [0.717, 1.165) is 25.7 Å². The van der Waals surface area contributed by atoms with Gasteiger partial charge in [-0.15, -0.1) is 13.2 Å². The van der Waals surface area contributed by atoms with Gasteiger partial charge in [0.25, 0.3) is 0 Å². The molecule has 0 aliphatic heterocycles. The van der Waals surface area contributed by atoms with Crippen molar-refractivity contribution in [2.45, 2.75) is 59.3 Å². The van der Waals surface area contributed by atoms with E-state index in [1.807, 2.05) is 12.2 Å². The van der Waals surface area contributed by atoms with Crippen LogP contribution in [0.2, 0.25) is 0 Å². The first-order valence-electron chi connectivity index (χ1n) is 11.7. The first kappa shape index (κ1) is 26.9. The lowest BCUT2D eigenvalue weighted by atomic mass is 9.94. The maximum atomic E-state index is 11.3. The lowest BCUT2D eigenvalue weighted by molar-refractivity contribution is -0.141. The van der Waals surface area contributed by atoms with Gasteiger partial charge < -0.3 is 9.47 Å². The second-order valence-electron chi connectivity index (χ2n) is 9.00. The SMILES string of the molecule is C=CC(=O)OCC1CC(C=C)CC1CC.C=CC1CC(CC)C(COC(=O)C(=C)C)C1. The van der Waals surface area contributed by atoms with Gasteiger partial charge in [0.1, 0.15) is 0 Å². The number of carbonyl (C=O) groups is 2. The normalized spacial score (nSPS) is 29.3. The van der Waals surface area contributed by atoms with E-state index < -0.39 is 0 Å². The molecule has 0 aromatic heterocycles. The highest BCUT2D eigenvalue weighted by Gasteiger charge is 2.33. The van der Waals surface area contributed by atoms with Gasteiger partial charge in [0.2, 0.25) is 0 Å². The fourth-order valence-corrected chi connectivity index (χ4v) is 4.86. The molecule has 0 heterocycles. The van der Waals surface area contributed by atoms with E-state index in [0.29, 0.717) is 54.3 Å². The molecule has 6 unspecified atom stereocenters. The second-order valence-corrected chi connectivity index (χ2v) is 9.00. The van der Waals surface area contributed by atoms with Gasteiger partial charge in [0.15, 0.2) is 0 Å². The molecule has 0 bridgehead atoms. The molecular formula is C27H42O4. The Morgan fingerprint density at radius 1 is 0.806 bits per heavy atom. The molecule has 0 N–H and O–H groups in total. The van der Waals surface area contributed by atoms with Crippen molar-refractivity contribution in [2.75, 3.05) is 13.2 Å². The number of rotatable bonds is 10. The van der Waals surface area contributed by atoms with Crippen LogP contribution in [0.25, 0.3) is 0 Å². The van der Waals surface area contributed by atoms with Crippen LogP contribution in [0.3, 0.4) is 0 Å². The van der Waals surface area contributed by atoms with Gasteiger partial charge >= 0.3 is 11.9 Å². The van der Waals surface area contributed by atoms with E-state index in [-0.39, 0.29) is 11.9 Å². The van der Waals surface area contributed by atoms with Crippen molar-refractivity contribution in [3.8, 4) is 0 Å². The van der Waals surface area contributed by atoms with Gasteiger partial charge in [-0.25, -0.2) is 9.59 Å². The zero-order valence-electron chi connectivity index (χ0n) is 19.8. The van der Waals surface area contributed by atoms with Crippen LogP contribution in [-0.4, -0.2) is 25.2 Å². The molecule has 0 amide bonds. The zero-order chi connectivity index (χ0) is 23.4. The van der Waals surface area contributed by atoms with Gasteiger partial charge in [-0.05, 0) is 68.1 Å². The van der Waals surface area contributed by atoms with Crippen LogP contribution in [0.1, 0.15) is 59.3 Å². The smallest absolute Gasteiger partial charge is 0.333 e. The topological polar surface area (TPSA) is 52.6 Å². The Balaban J connectivity index is 0.000000311. The van der Waals surface area contributed by atoms with Crippen LogP contribution in [-0.2, 0) is 19.1 Å². The molecule has 0 radical (unpaired) electrons. The predicted molar refractivity (Wildman–Crippen MR) is 127 cm³/mol. The van der Waals surface area contributed by atoms with Crippen molar-refractivity contribution in [1.82, 2.24) is 0 Å². The monoisotopic (exact) mass is 430 g/mol. The van der Waals surface area contributed by atoms with Crippen LogP contribution in [0.5, 0.6) is 0 Å². The lowest BCUT2D eigenvalue weighted by Gasteiger charge is -2.17. The highest BCUT2D eigenvalue weighted by atomic mass is 16.5. The Labute approximate surface area is 189 Å². The summed E-state index contributed by atoms with van der Waals surface area (Å²) in [5.74, 6) is 2.95. The summed E-state index contributed by atoms with van der Waals surface area (Å²) < 4.78 is 10.3. The van der Waals surface area contributed by atoms with Gasteiger partial charge in [0.05, 0.1) is 13.2 Å². The van der Waals surface area contributed by atoms with Crippen molar-refractivity contribution in [3.05, 3.63) is 50.1 Å². The first-order chi connectivity index (χ1) is 14.8. The largest absolute Gasteiger partial charge is 0.462 e. The summed E-state index contributed by atoms with van der Waals surface area (Å²) in [4.78, 5) is 22.3. The molecule has 2 saturated carbocycles. The maximum absolute atomic E-state index is 11.3. The third kappa shape index (κ3) is 8.88. The Morgan fingerprint density at radius 3 is 1.58 bits per heavy atom. The standard InChI is InChI=1S/C14H22O2.C13H20O2/c1-5-11-7-12(6-2)13(8-11)9-16-14(15)10(3)4;1-4-10-7-11(5-2)12(8-10)9-15-13(14)6-3/h5,11-13H,1,3,6-9H2,2,4H3;4,6,10-12H,1,3,5,7-9H2,2H3. The molecule has 0 aromatic carbocycles. The fraction of sp³-hybridized carbons (Fsp3) is 0.630. The molecular weight excluding hydrogens is 388 g/mol. The minimum absolute atomic E-state index is 0.267. The Hall–Kier alpha value is -2.10. The van der Waals surface area contributed by atoms with Crippen LogP contribution in [0, 0.1) is 35.5 Å². The second kappa shape index (κ2) is 14.1. The molecule has 0 saturated heterocycles. The Morgan fingerprint density at radius 2 is 1.23 bits per heavy atom. The van der Waals surface area contributed by atoms with Gasteiger partial charge in [-0.3, -0.25) is 0 Å². The molecule has 4 heteroatoms. The van der Waals surface area contributed by atoms with Crippen molar-refractivity contribution in [3.63, 3.8) is 0 Å². The van der Waals surface area contributed by atoms with Crippen LogP contribution in [0.15, 0.2) is 50.1 Å². The van der Waals surface area contributed by atoms with Crippen molar-refractivity contribution in [1.29, 1.82) is 0 Å². The summed E-state index contributed by atoms with van der Waals surface area (Å²) >= 11 is 0. The van der Waals surface area contributed by atoms with Crippen molar-refractivity contribution >= 4 is 11.9 Å². The number of esters is 2. The molecule has 2 fully saturated rings. The number of hydrogen-bond donors (Lipinski definition) is 0. The van der Waals surface area contributed by atoms with E-state index in [1.165, 1.54) is 18.9 Å². The molecule has 6 atom stereocenters. The van der Waals surface area contributed by atoms with Gasteiger partial charge in [-0.1, -0.05) is 52.0 Å². The third-order valence-electron chi connectivity index (χ3n) is 6.85. The summed E-state index contributed by atoms with van der Waals surface area (Å²) in [6.07, 6.45) is 12.2. The summed E-state index contributed by atoms with van der Waals surface area (Å²) in [5, 5.41) is 0. The van der Waals surface area contributed by atoms with E-state index in [9.17, 15) is 9.59 Å². The number of carbonyl (C=O) groups excluding carboxylic acids is 2. The average molecular weight is 431 g/mol. The van der Waals surface area contributed by atoms with Crippen molar-refractivity contribution < 1.29 is 19.1 Å². The number of allylic oxidation sites excluding steroid dienone is 2. The molecule has 31 heavy (non-hydrogen) atoms. The zero-order valence-corrected chi connectivity index (χ0v) is 19.8.